The van der Waals surface area contributed by atoms with Crippen molar-refractivity contribution in [3.05, 3.63) is 0 Å². The lowest BCUT2D eigenvalue weighted by Gasteiger charge is -2.40. The lowest BCUT2D eigenvalue weighted by Crippen LogP contribution is -2.52. The number of morpholine rings is 1. The average Bonchev–Trinajstić information content (AvgIpc) is 2.59. The minimum absolute atomic E-state index is 0.0522. The zero-order valence-electron chi connectivity index (χ0n) is 16.7. The second-order valence-corrected chi connectivity index (χ2v) is 7.06. The Labute approximate surface area is 149 Å². The SMILES string of the molecule is CCNC(=NCC(C)(C)N1CCOCC1)NCC(C)N(CC)CC. The van der Waals surface area contributed by atoms with Gasteiger partial charge in [-0.3, -0.25) is 14.8 Å². The van der Waals surface area contributed by atoms with Gasteiger partial charge in [-0.05, 0) is 40.8 Å². The number of hydrogen-bond donors (Lipinski definition) is 2. The largest absolute Gasteiger partial charge is 0.379 e. The van der Waals surface area contributed by atoms with Crippen LogP contribution in [0.4, 0.5) is 0 Å². The van der Waals surface area contributed by atoms with Crippen LogP contribution in [0.2, 0.25) is 0 Å². The zero-order chi connectivity index (χ0) is 18.0. The molecule has 1 heterocycles. The maximum Gasteiger partial charge on any atom is 0.191 e. The summed E-state index contributed by atoms with van der Waals surface area (Å²) in [5.41, 5.74) is 0.0522. The Morgan fingerprint density at radius 3 is 2.33 bits per heavy atom. The molecule has 0 aliphatic carbocycles. The van der Waals surface area contributed by atoms with Crippen LogP contribution in [0.15, 0.2) is 4.99 Å². The fraction of sp³-hybridized carbons (Fsp3) is 0.944. The van der Waals surface area contributed by atoms with Gasteiger partial charge in [0.15, 0.2) is 5.96 Å². The molecule has 1 unspecified atom stereocenters. The smallest absolute Gasteiger partial charge is 0.191 e. The normalized spacial score (nSPS) is 18.7. The molecule has 1 atom stereocenters. The first-order valence-corrected chi connectivity index (χ1v) is 9.53. The maximum atomic E-state index is 5.46. The van der Waals surface area contributed by atoms with Gasteiger partial charge in [-0.15, -0.1) is 0 Å². The summed E-state index contributed by atoms with van der Waals surface area (Å²) in [6, 6.07) is 0.496. The molecule has 1 aliphatic rings. The molecule has 6 heteroatoms. The van der Waals surface area contributed by atoms with Gasteiger partial charge in [0.05, 0.1) is 19.8 Å². The fourth-order valence-electron chi connectivity index (χ4n) is 3.10. The summed E-state index contributed by atoms with van der Waals surface area (Å²) in [4.78, 5) is 9.76. The van der Waals surface area contributed by atoms with Gasteiger partial charge in [0.1, 0.15) is 0 Å². The van der Waals surface area contributed by atoms with E-state index in [0.717, 1.165) is 65.0 Å². The zero-order valence-corrected chi connectivity index (χ0v) is 16.7. The number of likely N-dealkylation sites (N-methyl/N-ethyl adjacent to an activating group) is 1. The van der Waals surface area contributed by atoms with Crippen molar-refractivity contribution in [2.75, 3.05) is 59.0 Å². The van der Waals surface area contributed by atoms with Crippen LogP contribution in [-0.2, 0) is 4.74 Å². The molecule has 1 rings (SSSR count). The Hall–Kier alpha value is -0.850. The van der Waals surface area contributed by atoms with Gasteiger partial charge in [-0.1, -0.05) is 13.8 Å². The lowest BCUT2D eigenvalue weighted by atomic mass is 10.0. The highest BCUT2D eigenvalue weighted by Crippen LogP contribution is 2.16. The van der Waals surface area contributed by atoms with Gasteiger partial charge in [0.25, 0.3) is 0 Å². The quantitative estimate of drug-likeness (QED) is 0.490. The summed E-state index contributed by atoms with van der Waals surface area (Å²) >= 11 is 0. The molecular formula is C18H39N5O. The first-order chi connectivity index (χ1) is 11.4. The van der Waals surface area contributed by atoms with Gasteiger partial charge >= 0.3 is 0 Å². The first kappa shape index (κ1) is 21.2. The van der Waals surface area contributed by atoms with E-state index in [1.165, 1.54) is 0 Å². The second kappa shape index (κ2) is 10.9. The molecule has 0 amide bonds. The van der Waals surface area contributed by atoms with Crippen molar-refractivity contribution in [2.24, 2.45) is 4.99 Å². The molecule has 0 aromatic heterocycles. The van der Waals surface area contributed by atoms with Gasteiger partial charge in [0.2, 0.25) is 0 Å². The molecule has 1 saturated heterocycles. The van der Waals surface area contributed by atoms with Crippen molar-refractivity contribution < 1.29 is 4.74 Å². The highest BCUT2D eigenvalue weighted by Gasteiger charge is 2.28. The number of aliphatic imine (C=N–C) groups is 1. The Morgan fingerprint density at radius 2 is 1.79 bits per heavy atom. The standard InChI is InChI=1S/C18H39N5O/c1-7-19-17(20-14-16(4)22(8-2)9-3)21-15-18(5,6)23-10-12-24-13-11-23/h16H,7-15H2,1-6H3,(H2,19,20,21). The van der Waals surface area contributed by atoms with E-state index in [1.54, 1.807) is 0 Å². The third-order valence-electron chi connectivity index (χ3n) is 4.84. The predicted octanol–water partition coefficient (Wildman–Crippen LogP) is 1.38. The number of hydrogen-bond acceptors (Lipinski definition) is 4. The first-order valence-electron chi connectivity index (χ1n) is 9.53. The lowest BCUT2D eigenvalue weighted by molar-refractivity contribution is -0.00684. The Balaban J connectivity index is 2.57. The van der Waals surface area contributed by atoms with E-state index in [-0.39, 0.29) is 5.54 Å². The van der Waals surface area contributed by atoms with Crippen molar-refractivity contribution in [3.8, 4) is 0 Å². The summed E-state index contributed by atoms with van der Waals surface area (Å²) in [5.74, 6) is 0.915. The summed E-state index contributed by atoms with van der Waals surface area (Å²) in [5, 5.41) is 6.86. The van der Waals surface area contributed by atoms with E-state index in [4.69, 9.17) is 9.73 Å². The minimum atomic E-state index is 0.0522. The third kappa shape index (κ3) is 6.95. The van der Waals surface area contributed by atoms with E-state index >= 15 is 0 Å². The van der Waals surface area contributed by atoms with Gasteiger partial charge in [-0.25, -0.2) is 0 Å². The number of nitrogens with zero attached hydrogens (tertiary/aromatic N) is 3. The molecule has 0 saturated carbocycles. The second-order valence-electron chi connectivity index (χ2n) is 7.06. The van der Waals surface area contributed by atoms with Crippen molar-refractivity contribution in [1.82, 2.24) is 20.4 Å². The van der Waals surface area contributed by atoms with Crippen molar-refractivity contribution in [1.29, 1.82) is 0 Å². The molecule has 2 N–H and O–H groups in total. The number of rotatable bonds is 9. The molecule has 0 aromatic rings. The monoisotopic (exact) mass is 341 g/mol. The van der Waals surface area contributed by atoms with E-state index in [0.29, 0.717) is 6.04 Å². The van der Waals surface area contributed by atoms with Gasteiger partial charge in [-0.2, -0.15) is 0 Å². The molecular weight excluding hydrogens is 302 g/mol. The molecule has 0 spiro atoms. The van der Waals surface area contributed by atoms with Crippen molar-refractivity contribution in [3.63, 3.8) is 0 Å². The highest BCUT2D eigenvalue weighted by atomic mass is 16.5. The van der Waals surface area contributed by atoms with Gasteiger partial charge < -0.3 is 15.4 Å². The minimum Gasteiger partial charge on any atom is -0.379 e. The van der Waals surface area contributed by atoms with Crippen molar-refractivity contribution >= 4 is 5.96 Å². The predicted molar refractivity (Wildman–Crippen MR) is 103 cm³/mol. The van der Waals surface area contributed by atoms with Crippen LogP contribution < -0.4 is 10.6 Å². The maximum absolute atomic E-state index is 5.46. The Morgan fingerprint density at radius 1 is 1.17 bits per heavy atom. The van der Waals surface area contributed by atoms with E-state index in [2.05, 4.69) is 62.0 Å². The van der Waals surface area contributed by atoms with Crippen LogP contribution in [0.3, 0.4) is 0 Å². The van der Waals surface area contributed by atoms with Gasteiger partial charge in [0, 0.05) is 37.8 Å². The number of ether oxygens (including phenoxy) is 1. The van der Waals surface area contributed by atoms with Crippen molar-refractivity contribution in [2.45, 2.75) is 53.1 Å². The van der Waals surface area contributed by atoms with Crippen LogP contribution >= 0.6 is 0 Å². The molecule has 0 radical (unpaired) electrons. The number of guanidine groups is 1. The summed E-state index contributed by atoms with van der Waals surface area (Å²) in [6.07, 6.45) is 0. The van der Waals surface area contributed by atoms with Crippen LogP contribution in [0.1, 0.15) is 41.5 Å². The van der Waals surface area contributed by atoms with Crippen LogP contribution in [0, 0.1) is 0 Å². The van der Waals surface area contributed by atoms with E-state index < -0.39 is 0 Å². The molecule has 0 aromatic carbocycles. The molecule has 142 valence electrons. The summed E-state index contributed by atoms with van der Waals surface area (Å²) in [7, 11) is 0. The summed E-state index contributed by atoms with van der Waals surface area (Å²) in [6.45, 7) is 21.7. The molecule has 1 aliphatic heterocycles. The molecule has 1 fully saturated rings. The third-order valence-corrected chi connectivity index (χ3v) is 4.84. The Kier molecular flexibility index (Phi) is 9.63. The highest BCUT2D eigenvalue weighted by molar-refractivity contribution is 5.79. The number of nitrogens with one attached hydrogen (secondary N) is 2. The van der Waals surface area contributed by atoms with Crippen LogP contribution in [0.5, 0.6) is 0 Å². The van der Waals surface area contributed by atoms with Crippen LogP contribution in [-0.4, -0.2) is 86.4 Å². The van der Waals surface area contributed by atoms with E-state index in [9.17, 15) is 0 Å². The molecule has 24 heavy (non-hydrogen) atoms. The van der Waals surface area contributed by atoms with Crippen LogP contribution in [0.25, 0.3) is 0 Å². The Bertz CT molecular complexity index is 362. The fourth-order valence-corrected chi connectivity index (χ4v) is 3.10. The summed E-state index contributed by atoms with van der Waals surface area (Å²) < 4.78 is 5.46. The van der Waals surface area contributed by atoms with E-state index in [1.807, 2.05) is 0 Å². The molecule has 0 bridgehead atoms. The topological polar surface area (TPSA) is 52.1 Å². The molecule has 6 nitrogen and oxygen atoms in total. The average molecular weight is 342 g/mol.